The first-order valence-corrected chi connectivity index (χ1v) is 4.49. The Labute approximate surface area is 83.1 Å². The van der Waals surface area contributed by atoms with Crippen LogP contribution in [0, 0.1) is 0 Å². The highest BCUT2D eigenvalue weighted by Crippen LogP contribution is 1.80. The molecule has 0 bridgehead atoms. The lowest BCUT2D eigenvalue weighted by molar-refractivity contribution is -0.119. The highest BCUT2D eigenvalue weighted by atomic mass is 16.3. The molecule has 0 radical (unpaired) electrons. The molecule has 14 heavy (non-hydrogen) atoms. The molecule has 0 spiro atoms. The molecule has 6 heteroatoms. The van der Waals surface area contributed by atoms with Gasteiger partial charge in [-0.2, -0.15) is 0 Å². The molecule has 0 aromatic carbocycles. The van der Waals surface area contributed by atoms with Crippen molar-refractivity contribution < 1.29 is 14.7 Å². The van der Waals surface area contributed by atoms with Gasteiger partial charge in [-0.3, -0.25) is 4.79 Å². The van der Waals surface area contributed by atoms with Crippen LogP contribution in [0.3, 0.4) is 0 Å². The minimum absolute atomic E-state index is 0.202. The van der Waals surface area contributed by atoms with Gasteiger partial charge < -0.3 is 21.1 Å². The van der Waals surface area contributed by atoms with E-state index < -0.39 is 6.04 Å². The summed E-state index contributed by atoms with van der Waals surface area (Å²) < 4.78 is 0. The maximum Gasteiger partial charge on any atom is 0.314 e. The van der Waals surface area contributed by atoms with E-state index in [1.807, 2.05) is 0 Å². The van der Waals surface area contributed by atoms with Crippen LogP contribution in [0.25, 0.3) is 0 Å². The highest BCUT2D eigenvalue weighted by molar-refractivity contribution is 5.74. The average Bonchev–Trinajstić information content (AvgIpc) is 2.12. The van der Waals surface area contributed by atoms with Gasteiger partial charge in [0.2, 0.25) is 5.91 Å². The zero-order valence-electron chi connectivity index (χ0n) is 8.46. The zero-order chi connectivity index (χ0) is 11.0. The van der Waals surface area contributed by atoms with Crippen molar-refractivity contribution in [3.8, 4) is 0 Å². The lowest BCUT2D eigenvalue weighted by atomic mass is 10.3. The quantitative estimate of drug-likeness (QED) is 0.452. The molecule has 0 saturated heterocycles. The molecular weight excluding hydrogens is 186 g/mol. The van der Waals surface area contributed by atoms with E-state index >= 15 is 0 Å². The normalized spacial score (nSPS) is 11.6. The Hall–Kier alpha value is -1.30. The maximum absolute atomic E-state index is 10.9. The second-order valence-corrected chi connectivity index (χ2v) is 2.82. The van der Waals surface area contributed by atoms with Gasteiger partial charge in [-0.25, -0.2) is 4.79 Å². The average molecular weight is 203 g/mol. The summed E-state index contributed by atoms with van der Waals surface area (Å²) in [5.41, 5.74) is 0. The standard InChI is InChI=1S/C8H17N3O3/c1-3-9-8(14)10-4-7(5-12)11-6(2)13/h7,12H,3-5H2,1-2H3,(H,11,13)(H2,9,10,14). The van der Waals surface area contributed by atoms with Crippen LogP contribution in [0.15, 0.2) is 0 Å². The zero-order valence-corrected chi connectivity index (χ0v) is 8.46. The Kier molecular flexibility index (Phi) is 6.47. The van der Waals surface area contributed by atoms with Crippen molar-refractivity contribution >= 4 is 11.9 Å². The van der Waals surface area contributed by atoms with Crippen LogP contribution < -0.4 is 16.0 Å². The lowest BCUT2D eigenvalue weighted by Crippen LogP contribution is -2.47. The first-order chi connectivity index (χ1) is 6.60. The molecule has 82 valence electrons. The molecule has 0 aliphatic heterocycles. The third-order valence-electron chi connectivity index (χ3n) is 1.47. The SMILES string of the molecule is CCNC(=O)NCC(CO)NC(C)=O. The second kappa shape index (κ2) is 7.14. The molecule has 0 aromatic heterocycles. The maximum atomic E-state index is 10.9. The Morgan fingerprint density at radius 2 is 2.00 bits per heavy atom. The highest BCUT2D eigenvalue weighted by Gasteiger charge is 2.09. The fourth-order valence-electron chi connectivity index (χ4n) is 0.888. The number of hydrogen-bond donors (Lipinski definition) is 4. The van der Waals surface area contributed by atoms with Crippen LogP contribution in [0.5, 0.6) is 0 Å². The smallest absolute Gasteiger partial charge is 0.314 e. The number of carbonyl (C=O) groups excluding carboxylic acids is 2. The van der Waals surface area contributed by atoms with Crippen molar-refractivity contribution in [2.24, 2.45) is 0 Å². The van der Waals surface area contributed by atoms with Crippen LogP contribution in [0.1, 0.15) is 13.8 Å². The first kappa shape index (κ1) is 12.7. The number of aliphatic hydroxyl groups is 1. The van der Waals surface area contributed by atoms with Crippen molar-refractivity contribution in [2.75, 3.05) is 19.7 Å². The summed E-state index contributed by atoms with van der Waals surface area (Å²) in [4.78, 5) is 21.6. The lowest BCUT2D eigenvalue weighted by Gasteiger charge is -2.15. The van der Waals surface area contributed by atoms with Crippen LogP contribution in [-0.4, -0.2) is 42.8 Å². The van der Waals surface area contributed by atoms with Gasteiger partial charge in [0.15, 0.2) is 0 Å². The fraction of sp³-hybridized carbons (Fsp3) is 0.750. The van der Waals surface area contributed by atoms with E-state index in [9.17, 15) is 9.59 Å². The summed E-state index contributed by atoms with van der Waals surface area (Å²) in [7, 11) is 0. The largest absolute Gasteiger partial charge is 0.394 e. The minimum atomic E-state index is -0.435. The number of aliphatic hydroxyl groups excluding tert-OH is 1. The molecular formula is C8H17N3O3. The third-order valence-corrected chi connectivity index (χ3v) is 1.47. The van der Waals surface area contributed by atoms with Gasteiger partial charge in [0.25, 0.3) is 0 Å². The van der Waals surface area contributed by atoms with Crippen LogP contribution in [-0.2, 0) is 4.79 Å². The monoisotopic (exact) mass is 203 g/mol. The van der Waals surface area contributed by atoms with E-state index in [2.05, 4.69) is 16.0 Å². The number of carbonyl (C=O) groups is 2. The number of nitrogens with one attached hydrogen (secondary N) is 3. The molecule has 0 aliphatic carbocycles. The summed E-state index contributed by atoms with van der Waals surface area (Å²) in [5.74, 6) is -0.234. The molecule has 0 rings (SSSR count). The third kappa shape index (κ3) is 6.24. The van der Waals surface area contributed by atoms with Gasteiger partial charge in [0.1, 0.15) is 0 Å². The predicted octanol–water partition coefficient (Wildman–Crippen LogP) is -1.20. The molecule has 0 aliphatic rings. The van der Waals surface area contributed by atoms with E-state index in [1.165, 1.54) is 6.92 Å². The first-order valence-electron chi connectivity index (χ1n) is 4.49. The number of urea groups is 1. The molecule has 3 amide bonds. The molecule has 4 N–H and O–H groups in total. The van der Waals surface area contributed by atoms with E-state index in [1.54, 1.807) is 6.92 Å². The Balaban J connectivity index is 3.71. The molecule has 0 fully saturated rings. The summed E-state index contributed by atoms with van der Waals surface area (Å²) in [5, 5.41) is 16.4. The predicted molar refractivity (Wildman–Crippen MR) is 51.8 cm³/mol. The van der Waals surface area contributed by atoms with E-state index in [0.29, 0.717) is 6.54 Å². The Morgan fingerprint density at radius 1 is 1.36 bits per heavy atom. The number of hydrogen-bond acceptors (Lipinski definition) is 3. The van der Waals surface area contributed by atoms with E-state index in [0.717, 1.165) is 0 Å². The van der Waals surface area contributed by atoms with Crippen LogP contribution >= 0.6 is 0 Å². The van der Waals surface area contributed by atoms with Crippen LogP contribution in [0.2, 0.25) is 0 Å². The summed E-state index contributed by atoms with van der Waals surface area (Å²) >= 11 is 0. The summed E-state index contributed by atoms with van der Waals surface area (Å²) in [6, 6.07) is -0.744. The number of amides is 3. The number of rotatable bonds is 5. The second-order valence-electron chi connectivity index (χ2n) is 2.82. The summed E-state index contributed by atoms with van der Waals surface area (Å²) in [6.45, 7) is 3.70. The topological polar surface area (TPSA) is 90.5 Å². The molecule has 0 heterocycles. The van der Waals surface area contributed by atoms with E-state index in [-0.39, 0.29) is 25.1 Å². The van der Waals surface area contributed by atoms with Crippen LogP contribution in [0.4, 0.5) is 4.79 Å². The van der Waals surface area contributed by atoms with Crippen molar-refractivity contribution in [2.45, 2.75) is 19.9 Å². The van der Waals surface area contributed by atoms with Gasteiger partial charge in [0, 0.05) is 20.0 Å². The Bertz CT molecular complexity index is 196. The fourth-order valence-corrected chi connectivity index (χ4v) is 0.888. The Morgan fingerprint density at radius 3 is 2.43 bits per heavy atom. The van der Waals surface area contributed by atoms with Crippen molar-refractivity contribution in [3.05, 3.63) is 0 Å². The van der Waals surface area contributed by atoms with Crippen molar-refractivity contribution in [1.29, 1.82) is 0 Å². The molecule has 0 saturated carbocycles. The van der Waals surface area contributed by atoms with Crippen molar-refractivity contribution in [1.82, 2.24) is 16.0 Å². The van der Waals surface area contributed by atoms with Gasteiger partial charge in [0.05, 0.1) is 12.6 Å². The molecule has 0 aromatic rings. The van der Waals surface area contributed by atoms with Gasteiger partial charge in [-0.1, -0.05) is 0 Å². The van der Waals surface area contributed by atoms with E-state index in [4.69, 9.17) is 5.11 Å². The minimum Gasteiger partial charge on any atom is -0.394 e. The molecule has 1 unspecified atom stereocenters. The van der Waals surface area contributed by atoms with Gasteiger partial charge in [-0.05, 0) is 6.92 Å². The summed E-state index contributed by atoms with van der Waals surface area (Å²) in [6.07, 6.45) is 0. The molecule has 6 nitrogen and oxygen atoms in total. The van der Waals surface area contributed by atoms with Gasteiger partial charge in [-0.15, -0.1) is 0 Å². The van der Waals surface area contributed by atoms with Gasteiger partial charge >= 0.3 is 6.03 Å². The molecule has 1 atom stereocenters. The van der Waals surface area contributed by atoms with Crippen molar-refractivity contribution in [3.63, 3.8) is 0 Å².